The van der Waals surface area contributed by atoms with Crippen molar-refractivity contribution in [2.45, 2.75) is 237 Å². The lowest BCUT2D eigenvalue weighted by atomic mass is 9.94. The molecule has 28 heteroatoms. The molecule has 9 unspecified atom stereocenters. The molecule has 0 bridgehead atoms. The van der Waals surface area contributed by atoms with Gasteiger partial charge in [-0.25, -0.2) is 26.3 Å². The minimum Gasteiger partial charge on any atom is -0.497 e. The molecule has 5 aliphatic heterocycles. The molecule has 0 aromatic heterocycles. The van der Waals surface area contributed by atoms with Gasteiger partial charge in [-0.3, -0.25) is 0 Å². The van der Waals surface area contributed by atoms with Crippen LogP contribution in [-0.2, 0) is 158 Å². The van der Waals surface area contributed by atoms with E-state index in [0.29, 0.717) is 16.9 Å². The molecule has 0 saturated carbocycles. The van der Waals surface area contributed by atoms with Crippen molar-refractivity contribution < 1.29 is 107 Å². The van der Waals surface area contributed by atoms with Gasteiger partial charge >= 0.3 is 0 Å². The van der Waals surface area contributed by atoms with Gasteiger partial charge in [0.25, 0.3) is 0 Å². The Balaban J connectivity index is 0.861. The van der Waals surface area contributed by atoms with Gasteiger partial charge in [0.1, 0.15) is 97.2 Å². The van der Waals surface area contributed by atoms with E-state index in [2.05, 4.69) is 30.2 Å². The zero-order valence-electron chi connectivity index (χ0n) is 76.3. The number of benzene rings is 11. The van der Waals surface area contributed by atoms with E-state index < -0.39 is 169 Å². The predicted molar refractivity (Wildman–Crippen MR) is 503 cm³/mol. The third-order valence-electron chi connectivity index (χ3n) is 25.0. The van der Waals surface area contributed by atoms with Crippen LogP contribution >= 0.6 is 0 Å². The van der Waals surface area contributed by atoms with Crippen LogP contribution < -0.4 is 14.2 Å². The maximum absolute atomic E-state index is 16.2. The van der Waals surface area contributed by atoms with Crippen LogP contribution in [0.4, 0.5) is 0 Å². The Bertz CT molecular complexity index is 5580. The van der Waals surface area contributed by atoms with E-state index in [-0.39, 0.29) is 75.9 Å². The zero-order valence-corrected chi connectivity index (χ0v) is 78.9. The first-order valence-electron chi connectivity index (χ1n) is 45.6. The molecule has 5 heterocycles. The fraction of sp³-hybridized carbons (Fsp3) is 0.377. The Hall–Kier alpha value is -9.46. The molecule has 11 aromatic carbocycles. The molecule has 2 N–H and O–H groups in total. The SMILES string of the molecule is COc1ccc(CO[C@@H]2C(OCc3ccccc3)[C@H](O[C@H]3C(COCc4ccccc4)O[C@@H](O[C@H]4C(CO[C@H]5O[C@@H](C)[C@@H](OCc6ccccc6)C(OCc6ccccc6)C5OCc5ccccc5)O[C@@H](O[Si](C)(C)C(C)(C)C)C(NS(=O)(=O)c5ccccc5)[C@H]4OCc4ccccc4)C(NS(=O)(=O)c4ccccc4)[C@H]3OCc3ccccc3)OC3COC(c4ccccc4)O[C@@H]32)cc1. The predicted octanol–water partition coefficient (Wildman–Crippen LogP) is 16.8. The molecule has 21 atom stereocenters. The highest BCUT2D eigenvalue weighted by atomic mass is 32.2. The molecule has 0 amide bonds. The Kier molecular flexibility index (Phi) is 33.9. The highest BCUT2D eigenvalue weighted by Gasteiger charge is 2.60. The average Bonchev–Trinajstić information content (AvgIpc) is 0.743. The second kappa shape index (κ2) is 46.6. The molecular formula is C106H120N2O23S2Si. The van der Waals surface area contributed by atoms with E-state index in [1.807, 2.05) is 287 Å². The number of hydrogen-bond donors (Lipinski definition) is 2. The molecule has 11 aromatic rings. The van der Waals surface area contributed by atoms with Crippen molar-refractivity contribution in [3.63, 3.8) is 0 Å². The number of sulfonamides is 2. The Morgan fingerprint density at radius 2 is 0.694 bits per heavy atom. The second-order valence-electron chi connectivity index (χ2n) is 35.5. The van der Waals surface area contributed by atoms with Gasteiger partial charge in [-0.15, -0.1) is 0 Å². The van der Waals surface area contributed by atoms with Gasteiger partial charge in [-0.2, -0.15) is 0 Å². The number of fused-ring (bicyclic) bond motifs is 1. The van der Waals surface area contributed by atoms with E-state index in [0.717, 1.165) is 38.9 Å². The minimum atomic E-state index is -4.75. The third kappa shape index (κ3) is 25.7. The average molecular weight is 1880 g/mol. The van der Waals surface area contributed by atoms with Crippen molar-refractivity contribution in [2.75, 3.05) is 26.9 Å². The van der Waals surface area contributed by atoms with E-state index in [9.17, 15) is 0 Å². The van der Waals surface area contributed by atoms with E-state index in [1.54, 1.807) is 43.5 Å². The van der Waals surface area contributed by atoms with Crippen LogP contribution in [0.15, 0.2) is 337 Å². The van der Waals surface area contributed by atoms with Crippen molar-refractivity contribution in [3.8, 4) is 5.75 Å². The van der Waals surface area contributed by atoms with Gasteiger partial charge < -0.3 is 89.7 Å². The smallest absolute Gasteiger partial charge is 0.241 e. The molecule has 5 aliphatic rings. The summed E-state index contributed by atoms with van der Waals surface area (Å²) in [4.78, 5) is -0.211. The maximum atomic E-state index is 16.2. The Labute approximate surface area is 787 Å². The van der Waals surface area contributed by atoms with E-state index in [4.69, 9.17) is 89.7 Å². The molecule has 25 nitrogen and oxygen atoms in total. The van der Waals surface area contributed by atoms with Crippen LogP contribution in [0, 0.1) is 0 Å². The first-order valence-corrected chi connectivity index (χ1v) is 51.5. The van der Waals surface area contributed by atoms with Crippen LogP contribution in [0.3, 0.4) is 0 Å². The second-order valence-corrected chi connectivity index (χ2v) is 43.7. The summed E-state index contributed by atoms with van der Waals surface area (Å²) in [6.45, 7) is 11.6. The lowest BCUT2D eigenvalue weighted by Crippen LogP contribution is -2.71. The van der Waals surface area contributed by atoms with Crippen molar-refractivity contribution >= 4 is 28.4 Å². The third-order valence-corrected chi connectivity index (χ3v) is 32.4. The van der Waals surface area contributed by atoms with Crippen LogP contribution in [0.25, 0.3) is 0 Å². The van der Waals surface area contributed by atoms with E-state index >= 15 is 16.8 Å². The summed E-state index contributed by atoms with van der Waals surface area (Å²) >= 11 is 0. The number of ether oxygens (including phenoxy) is 18. The molecule has 708 valence electrons. The van der Waals surface area contributed by atoms with Gasteiger partial charge in [-0.05, 0) is 106 Å². The summed E-state index contributed by atoms with van der Waals surface area (Å²) < 4.78 is 208. The standard InChI is InChI=1S/C106H120N2O23S2Si/c1-73-91(115-63-75-40-20-9-21-41-75)97(118-66-78-46-26-12-27-47-78)99(120-67-79-48-28-13-29-49-79)104(124-73)123-72-87-93(96(117-65-77-44-24-11-25-45-77)90(103(126-87)131-134(6,7)106(2,3)4)108-133(111,112)85-56-36-17-37-57-85)129-102-89(107-132(109,110)84-54-34-16-35-55-84)95(116-64-76-42-22-10-23-43-76)92(86(125-102)70-114-62-74-38-18-8-19-39-74)130-105-100(121-68-80-50-30-14-31-51-80)98(119-69-81-58-60-83(113-5)61-59-81)94-88(127-105)71-122-101(128-94)82-52-32-15-33-53-82/h8-61,73,86-105,107-108H,62-72H2,1-7H3/t73-,86?,87?,88?,89?,90?,91+,92-,93-,94-,95+,96+,97?,98-,99?,100?,101?,102-,103-,104-,105-/m0/s1. The largest absolute Gasteiger partial charge is 0.497 e. The van der Waals surface area contributed by atoms with Crippen LogP contribution in [-0.4, -0.2) is 175 Å². The molecule has 0 radical (unpaired) electrons. The molecule has 5 fully saturated rings. The summed E-state index contributed by atoms with van der Waals surface area (Å²) in [5.74, 6) is 0.652. The van der Waals surface area contributed by atoms with Gasteiger partial charge in [0.05, 0.1) is 95.7 Å². The zero-order chi connectivity index (χ0) is 92.9. The normalized spacial score (nSPS) is 26.9. The topological polar surface area (TPSA) is 268 Å². The molecule has 0 spiro atoms. The molecule has 0 aliphatic carbocycles. The molecular weight excluding hydrogens is 1760 g/mol. The van der Waals surface area contributed by atoms with Gasteiger partial charge in [0, 0.05) is 5.56 Å². The fourth-order valence-corrected chi connectivity index (χ4v) is 20.5. The number of methoxy groups -OCH3 is 1. The van der Waals surface area contributed by atoms with Crippen molar-refractivity contribution in [1.29, 1.82) is 0 Å². The summed E-state index contributed by atoms with van der Waals surface area (Å²) in [5, 5.41) is -0.529. The molecule has 16 rings (SSSR count). The lowest BCUT2D eigenvalue weighted by Gasteiger charge is -2.53. The fourth-order valence-electron chi connectivity index (χ4n) is 16.8. The summed E-state index contributed by atoms with van der Waals surface area (Å²) in [7, 11) is -10.9. The minimum absolute atomic E-state index is 0.0161. The monoisotopic (exact) mass is 1880 g/mol. The van der Waals surface area contributed by atoms with Crippen molar-refractivity contribution in [2.24, 2.45) is 0 Å². The van der Waals surface area contributed by atoms with Crippen LogP contribution in [0.2, 0.25) is 18.1 Å². The number of nitrogens with one attached hydrogen (secondary N) is 2. The summed E-state index contributed by atoms with van der Waals surface area (Å²) in [6, 6.07) is 97.3. The summed E-state index contributed by atoms with van der Waals surface area (Å²) in [5.41, 5.74) is 7.22. The first kappa shape index (κ1) is 97.6. The maximum Gasteiger partial charge on any atom is 0.241 e. The Morgan fingerprint density at radius 3 is 1.13 bits per heavy atom. The summed E-state index contributed by atoms with van der Waals surface area (Å²) in [6.07, 6.45) is -23.3. The van der Waals surface area contributed by atoms with E-state index in [1.165, 1.54) is 24.3 Å². The molecule has 5 saturated heterocycles. The first-order chi connectivity index (χ1) is 65.2. The Morgan fingerprint density at radius 1 is 0.343 bits per heavy atom. The van der Waals surface area contributed by atoms with Crippen LogP contribution in [0.5, 0.6) is 5.75 Å². The van der Waals surface area contributed by atoms with Gasteiger partial charge in [0.15, 0.2) is 39.8 Å². The quantitative estimate of drug-likeness (QED) is 0.0337. The lowest BCUT2D eigenvalue weighted by molar-refractivity contribution is -0.395. The van der Waals surface area contributed by atoms with Gasteiger partial charge in [-0.1, -0.05) is 312 Å². The highest BCUT2D eigenvalue weighted by molar-refractivity contribution is 7.89. The van der Waals surface area contributed by atoms with Crippen LogP contribution in [0.1, 0.15) is 84.1 Å². The van der Waals surface area contributed by atoms with Crippen molar-refractivity contribution in [3.05, 3.63) is 378 Å². The number of rotatable bonds is 42. The number of hydrogen-bond acceptors (Lipinski definition) is 23. The van der Waals surface area contributed by atoms with Gasteiger partial charge in [0.2, 0.25) is 20.0 Å². The highest BCUT2D eigenvalue weighted by Crippen LogP contribution is 2.45. The van der Waals surface area contributed by atoms with Crippen molar-refractivity contribution in [1.82, 2.24) is 9.44 Å². The molecule has 134 heavy (non-hydrogen) atoms.